The molecule has 0 atom stereocenters. The predicted molar refractivity (Wildman–Crippen MR) is 123 cm³/mol. The average molecular weight is 474 g/mol. The highest BCUT2D eigenvalue weighted by Gasteiger charge is 2.37. The molecule has 12 heteroatoms. The Labute approximate surface area is 196 Å². The van der Waals surface area contributed by atoms with Gasteiger partial charge in [-0.3, -0.25) is 24.3 Å². The van der Waals surface area contributed by atoms with Crippen molar-refractivity contribution in [3.8, 4) is 0 Å². The summed E-state index contributed by atoms with van der Waals surface area (Å²) in [5, 5.41) is 27.5. The van der Waals surface area contributed by atoms with E-state index in [9.17, 15) is 9.59 Å². The van der Waals surface area contributed by atoms with E-state index < -0.39 is 11.8 Å². The van der Waals surface area contributed by atoms with Crippen LogP contribution in [0, 0.1) is 0 Å². The Morgan fingerprint density at radius 1 is 0.941 bits per heavy atom. The van der Waals surface area contributed by atoms with Crippen molar-refractivity contribution in [1.82, 2.24) is 45.5 Å². The molecular formula is C22H16ClN9O2. The summed E-state index contributed by atoms with van der Waals surface area (Å²) < 4.78 is 3.44. The highest BCUT2D eigenvalue weighted by Crippen LogP contribution is 2.37. The van der Waals surface area contributed by atoms with Crippen LogP contribution in [0.1, 0.15) is 17.2 Å². The van der Waals surface area contributed by atoms with Crippen molar-refractivity contribution in [2.24, 2.45) is 7.05 Å². The van der Waals surface area contributed by atoms with Crippen molar-refractivity contribution in [2.75, 3.05) is 0 Å². The van der Waals surface area contributed by atoms with Gasteiger partial charge in [0.2, 0.25) is 0 Å². The minimum absolute atomic E-state index is 0.174. The summed E-state index contributed by atoms with van der Waals surface area (Å²) in [4.78, 5) is 26.0. The van der Waals surface area contributed by atoms with E-state index in [4.69, 9.17) is 16.7 Å². The number of aryl methyl sites for hydroxylation is 3. The maximum Gasteiger partial charge on any atom is 0.261 e. The van der Waals surface area contributed by atoms with Crippen LogP contribution in [0.4, 0.5) is 0 Å². The number of amides is 2. The minimum atomic E-state index is -0.522. The summed E-state index contributed by atoms with van der Waals surface area (Å²) in [5.41, 5.74) is 2.75. The van der Waals surface area contributed by atoms with Gasteiger partial charge in [-0.25, -0.2) is 5.10 Å². The number of aromatic amines is 1. The van der Waals surface area contributed by atoms with Crippen LogP contribution >= 0.6 is 11.6 Å². The largest absolute Gasteiger partial charge is 0.288 e. The lowest BCUT2D eigenvalue weighted by atomic mass is 9.99. The Bertz CT molecular complexity index is 1650. The van der Waals surface area contributed by atoms with Gasteiger partial charge < -0.3 is 0 Å². The third-order valence-corrected chi connectivity index (χ3v) is 6.06. The van der Waals surface area contributed by atoms with E-state index >= 15 is 0 Å². The molecule has 0 unspecified atom stereocenters. The normalized spacial score (nSPS) is 14.1. The quantitative estimate of drug-likeness (QED) is 0.372. The number of halogens is 1. The summed E-state index contributed by atoms with van der Waals surface area (Å²) in [6.45, 7) is 0.470. The van der Waals surface area contributed by atoms with Gasteiger partial charge >= 0.3 is 0 Å². The molecule has 2 amide bonds. The van der Waals surface area contributed by atoms with E-state index in [0.29, 0.717) is 40.6 Å². The summed E-state index contributed by atoms with van der Waals surface area (Å²) in [7, 11) is 1.77. The number of hydrogen-bond acceptors (Lipinski definition) is 7. The van der Waals surface area contributed by atoms with E-state index in [1.807, 2.05) is 30.3 Å². The molecule has 4 heterocycles. The number of carbonyl (C=O) groups is 2. The molecule has 3 aromatic heterocycles. The molecule has 0 spiro atoms. The minimum Gasteiger partial charge on any atom is -0.288 e. The van der Waals surface area contributed by atoms with Crippen LogP contribution in [-0.4, -0.2) is 52.0 Å². The van der Waals surface area contributed by atoms with Crippen LogP contribution in [0.5, 0.6) is 0 Å². The van der Waals surface area contributed by atoms with Crippen molar-refractivity contribution in [3.63, 3.8) is 0 Å². The smallest absolute Gasteiger partial charge is 0.261 e. The van der Waals surface area contributed by atoms with Crippen molar-refractivity contribution in [1.29, 1.82) is 0 Å². The zero-order chi connectivity index (χ0) is 23.4. The number of benzene rings is 2. The number of rotatable bonds is 5. The molecule has 0 saturated heterocycles. The van der Waals surface area contributed by atoms with Crippen molar-refractivity contribution < 1.29 is 9.59 Å². The van der Waals surface area contributed by atoms with Gasteiger partial charge in [0.25, 0.3) is 11.8 Å². The summed E-state index contributed by atoms with van der Waals surface area (Å²) in [6, 6.07) is 12.9. The summed E-state index contributed by atoms with van der Waals surface area (Å²) in [6.07, 6.45) is 0.512. The van der Waals surface area contributed by atoms with Crippen molar-refractivity contribution >= 4 is 56.4 Å². The molecule has 0 aliphatic carbocycles. The van der Waals surface area contributed by atoms with Crippen LogP contribution in [0.15, 0.2) is 42.5 Å². The van der Waals surface area contributed by atoms with Gasteiger partial charge in [0.1, 0.15) is 17.2 Å². The number of hydrogen-bond donors (Lipinski definition) is 2. The molecule has 0 saturated carbocycles. The Morgan fingerprint density at radius 2 is 1.71 bits per heavy atom. The number of imide groups is 1. The van der Waals surface area contributed by atoms with Crippen LogP contribution in [0.3, 0.4) is 0 Å². The summed E-state index contributed by atoms with van der Waals surface area (Å²) >= 11 is 6.23. The van der Waals surface area contributed by atoms with E-state index in [-0.39, 0.29) is 11.1 Å². The van der Waals surface area contributed by atoms with Gasteiger partial charge in [-0.2, -0.15) is 10.2 Å². The van der Waals surface area contributed by atoms with Crippen molar-refractivity contribution in [2.45, 2.75) is 13.0 Å². The van der Waals surface area contributed by atoms with Crippen LogP contribution in [0.2, 0.25) is 5.02 Å². The average Bonchev–Trinajstić information content (AvgIpc) is 3.58. The summed E-state index contributed by atoms with van der Waals surface area (Å²) in [5.74, 6) is -0.423. The molecule has 5 aromatic rings. The molecule has 168 valence electrons. The lowest BCUT2D eigenvalue weighted by molar-refractivity contribution is -0.122. The first-order chi connectivity index (χ1) is 16.5. The van der Waals surface area contributed by atoms with Crippen LogP contribution in [0.25, 0.3) is 33.0 Å². The molecular weight excluding hydrogens is 458 g/mol. The second-order valence-electron chi connectivity index (χ2n) is 7.85. The van der Waals surface area contributed by atoms with Crippen LogP contribution in [-0.2, 0) is 29.6 Å². The fraction of sp³-hybridized carbons (Fsp3) is 0.136. The highest BCUT2D eigenvalue weighted by atomic mass is 35.5. The maximum atomic E-state index is 13.0. The molecule has 11 nitrogen and oxygen atoms in total. The molecule has 1 aliphatic rings. The monoisotopic (exact) mass is 473 g/mol. The van der Waals surface area contributed by atoms with Gasteiger partial charge in [0.05, 0.1) is 22.2 Å². The second-order valence-corrected chi connectivity index (χ2v) is 8.29. The molecule has 2 N–H and O–H groups in total. The van der Waals surface area contributed by atoms with Gasteiger partial charge in [0, 0.05) is 35.8 Å². The van der Waals surface area contributed by atoms with Crippen LogP contribution < -0.4 is 5.32 Å². The third-order valence-electron chi connectivity index (χ3n) is 5.82. The van der Waals surface area contributed by atoms with E-state index in [2.05, 4.69) is 31.0 Å². The first-order valence-corrected chi connectivity index (χ1v) is 10.8. The number of carbonyl (C=O) groups excluding carboxylic acids is 2. The molecule has 0 radical (unpaired) electrons. The van der Waals surface area contributed by atoms with E-state index in [1.54, 1.807) is 28.5 Å². The topological polar surface area (TPSA) is 136 Å². The van der Waals surface area contributed by atoms with Gasteiger partial charge in [-0.1, -0.05) is 29.8 Å². The lowest BCUT2D eigenvalue weighted by Gasteiger charge is -2.01. The number of nitrogens with zero attached hydrogens (tertiary/aromatic N) is 7. The number of para-hydroxylation sites is 1. The SMILES string of the molecule is Cn1nc(C2=C(c3nn(CCc4nnn[nH]4)c4ccccc34)C(=O)NC2=O)c2cc(Cl)ccc21. The second kappa shape index (κ2) is 7.59. The van der Waals surface area contributed by atoms with Gasteiger partial charge in [0.15, 0.2) is 0 Å². The molecule has 34 heavy (non-hydrogen) atoms. The number of H-pyrrole nitrogens is 1. The van der Waals surface area contributed by atoms with E-state index in [0.717, 1.165) is 16.4 Å². The first-order valence-electron chi connectivity index (χ1n) is 10.4. The van der Waals surface area contributed by atoms with Crippen molar-refractivity contribution in [3.05, 3.63) is 64.7 Å². The fourth-order valence-corrected chi connectivity index (χ4v) is 4.48. The van der Waals surface area contributed by atoms with Gasteiger partial charge in [-0.05, 0) is 34.7 Å². The Balaban J connectivity index is 1.57. The number of tetrazole rings is 1. The first kappa shape index (κ1) is 20.2. The fourth-order valence-electron chi connectivity index (χ4n) is 4.31. The maximum absolute atomic E-state index is 13.0. The molecule has 2 aromatic carbocycles. The number of aromatic nitrogens is 8. The van der Waals surface area contributed by atoms with Gasteiger partial charge in [-0.15, -0.1) is 5.10 Å². The Morgan fingerprint density at radius 3 is 2.47 bits per heavy atom. The van der Waals surface area contributed by atoms with E-state index in [1.165, 1.54) is 0 Å². The molecule has 0 bridgehead atoms. The molecule has 0 fully saturated rings. The Kier molecular flexibility index (Phi) is 4.52. The Hall–Kier alpha value is -4.38. The third kappa shape index (κ3) is 3.09. The highest BCUT2D eigenvalue weighted by molar-refractivity contribution is 6.50. The zero-order valence-electron chi connectivity index (χ0n) is 17.8. The molecule has 6 rings (SSSR count). The lowest BCUT2D eigenvalue weighted by Crippen LogP contribution is -2.23. The number of fused-ring (bicyclic) bond motifs is 2. The molecule has 1 aliphatic heterocycles. The standard InChI is InChI=1S/C22H16ClN9O2/c1-31-14-7-6-11(23)10-13(14)20(27-31)18-17(21(33)24-22(18)34)19-12-4-2-3-5-15(12)32(28-19)9-8-16-25-29-30-26-16/h2-7,10H,8-9H2,1H3,(H,24,33,34)(H,25,26,29,30). The zero-order valence-corrected chi connectivity index (χ0v) is 18.5. The predicted octanol–water partition coefficient (Wildman–Crippen LogP) is 1.90. The number of nitrogens with one attached hydrogen (secondary N) is 2.